The summed E-state index contributed by atoms with van der Waals surface area (Å²) in [5, 5.41) is 14.3. The van der Waals surface area contributed by atoms with E-state index in [1.165, 1.54) is 24.4 Å². The number of nitrogens with zero attached hydrogens (tertiary/aromatic N) is 1. The van der Waals surface area contributed by atoms with Crippen LogP contribution < -0.4 is 10.6 Å². The largest absolute Gasteiger partial charge is 0.462 e. The summed E-state index contributed by atoms with van der Waals surface area (Å²) in [4.78, 5) is 23.9. The van der Waals surface area contributed by atoms with E-state index in [9.17, 15) is 14.0 Å². The summed E-state index contributed by atoms with van der Waals surface area (Å²) in [6, 6.07) is 12.0. The number of nitriles is 1. The molecule has 0 aromatic heterocycles. The van der Waals surface area contributed by atoms with Crippen LogP contribution in [0.5, 0.6) is 0 Å². The summed E-state index contributed by atoms with van der Waals surface area (Å²) < 4.78 is 17.9. The third-order valence-corrected chi connectivity index (χ3v) is 3.59. The maximum absolute atomic E-state index is 13.2. The molecule has 2 rings (SSSR count). The highest BCUT2D eigenvalue weighted by atomic mass is 35.5. The maximum atomic E-state index is 13.2. The number of hydrogen-bond donors (Lipinski definition) is 2. The van der Waals surface area contributed by atoms with Crippen molar-refractivity contribution in [3.8, 4) is 6.07 Å². The molecule has 0 bridgehead atoms. The minimum atomic E-state index is -0.741. The highest BCUT2D eigenvalue weighted by molar-refractivity contribution is 6.31. The zero-order chi connectivity index (χ0) is 19.8. The number of anilines is 2. The topological polar surface area (TPSA) is 91.2 Å². The van der Waals surface area contributed by atoms with Crippen LogP contribution in [0.4, 0.5) is 15.8 Å². The van der Waals surface area contributed by atoms with E-state index in [4.69, 9.17) is 21.6 Å². The first kappa shape index (κ1) is 19.9. The Bertz CT molecular complexity index is 938. The van der Waals surface area contributed by atoms with Crippen molar-refractivity contribution >= 4 is 34.9 Å². The van der Waals surface area contributed by atoms with Crippen molar-refractivity contribution in [3.63, 3.8) is 0 Å². The van der Waals surface area contributed by atoms with Crippen LogP contribution in [-0.4, -0.2) is 18.5 Å². The molecule has 6 nitrogen and oxygen atoms in total. The lowest BCUT2D eigenvalue weighted by atomic mass is 10.1. The lowest BCUT2D eigenvalue weighted by molar-refractivity contribution is -0.138. The lowest BCUT2D eigenvalue weighted by Gasteiger charge is -2.08. The number of ether oxygens (including phenoxy) is 1. The van der Waals surface area contributed by atoms with Crippen LogP contribution in [-0.2, 0) is 9.53 Å². The van der Waals surface area contributed by atoms with E-state index in [1.807, 2.05) is 0 Å². The van der Waals surface area contributed by atoms with E-state index >= 15 is 0 Å². The van der Waals surface area contributed by atoms with Gasteiger partial charge in [0, 0.05) is 23.1 Å². The third kappa shape index (κ3) is 5.56. The quantitative estimate of drug-likeness (QED) is 0.442. The van der Waals surface area contributed by atoms with Gasteiger partial charge in [-0.05, 0) is 43.3 Å². The SMILES string of the molecule is CCOC(=O)/C(C#N)=C\Nc1cccc(C(=O)Nc2ccc(F)c(Cl)c2)c1. The van der Waals surface area contributed by atoms with Gasteiger partial charge in [-0.2, -0.15) is 5.26 Å². The average Bonchev–Trinajstić information content (AvgIpc) is 2.65. The summed E-state index contributed by atoms with van der Waals surface area (Å²) in [6.45, 7) is 1.79. The van der Waals surface area contributed by atoms with E-state index in [2.05, 4.69) is 10.6 Å². The molecular formula is C19H15ClFN3O3. The minimum absolute atomic E-state index is 0.101. The fourth-order valence-electron chi connectivity index (χ4n) is 2.03. The zero-order valence-electron chi connectivity index (χ0n) is 14.3. The first-order chi connectivity index (χ1) is 12.9. The van der Waals surface area contributed by atoms with Crippen LogP contribution in [0.2, 0.25) is 5.02 Å². The number of halogens is 2. The van der Waals surface area contributed by atoms with Gasteiger partial charge in [0.1, 0.15) is 11.9 Å². The second-order valence-electron chi connectivity index (χ2n) is 5.20. The monoisotopic (exact) mass is 387 g/mol. The van der Waals surface area contributed by atoms with Gasteiger partial charge in [-0.1, -0.05) is 17.7 Å². The number of hydrogen-bond acceptors (Lipinski definition) is 5. The van der Waals surface area contributed by atoms with Crippen molar-refractivity contribution in [3.05, 3.63) is 70.6 Å². The zero-order valence-corrected chi connectivity index (χ0v) is 15.0. The molecule has 2 aromatic rings. The van der Waals surface area contributed by atoms with Gasteiger partial charge >= 0.3 is 5.97 Å². The number of carbonyl (C=O) groups is 2. The molecule has 27 heavy (non-hydrogen) atoms. The maximum Gasteiger partial charge on any atom is 0.350 e. The normalized spacial score (nSPS) is 10.7. The summed E-state index contributed by atoms with van der Waals surface area (Å²) >= 11 is 5.69. The van der Waals surface area contributed by atoms with Crippen LogP contribution in [0, 0.1) is 17.1 Å². The van der Waals surface area contributed by atoms with Crippen molar-refractivity contribution in [1.29, 1.82) is 5.26 Å². The fraction of sp³-hybridized carbons (Fsp3) is 0.105. The molecular weight excluding hydrogens is 373 g/mol. The van der Waals surface area contributed by atoms with Crippen molar-refractivity contribution in [1.82, 2.24) is 0 Å². The van der Waals surface area contributed by atoms with E-state index in [-0.39, 0.29) is 17.2 Å². The lowest BCUT2D eigenvalue weighted by Crippen LogP contribution is -2.12. The number of nitrogens with one attached hydrogen (secondary N) is 2. The molecule has 0 aliphatic rings. The Labute approximate surface area is 160 Å². The Balaban J connectivity index is 2.12. The molecule has 0 fully saturated rings. The van der Waals surface area contributed by atoms with Crippen LogP contribution in [0.15, 0.2) is 54.2 Å². The first-order valence-corrected chi connectivity index (χ1v) is 8.22. The van der Waals surface area contributed by atoms with E-state index in [0.717, 1.165) is 6.07 Å². The smallest absolute Gasteiger partial charge is 0.350 e. The predicted octanol–water partition coefficient (Wildman–Crippen LogP) is 4.11. The van der Waals surface area contributed by atoms with Gasteiger partial charge in [-0.3, -0.25) is 4.79 Å². The van der Waals surface area contributed by atoms with Gasteiger partial charge in [0.25, 0.3) is 5.91 Å². The van der Waals surface area contributed by atoms with Gasteiger partial charge in [-0.15, -0.1) is 0 Å². The number of benzene rings is 2. The van der Waals surface area contributed by atoms with E-state index in [1.54, 1.807) is 31.2 Å². The molecule has 8 heteroatoms. The molecule has 0 aliphatic heterocycles. The van der Waals surface area contributed by atoms with Crippen LogP contribution in [0.1, 0.15) is 17.3 Å². The predicted molar refractivity (Wildman–Crippen MR) is 99.8 cm³/mol. The number of amides is 1. The highest BCUT2D eigenvalue weighted by Crippen LogP contribution is 2.20. The highest BCUT2D eigenvalue weighted by Gasteiger charge is 2.11. The molecule has 138 valence electrons. The molecule has 0 aliphatic carbocycles. The molecule has 0 atom stereocenters. The second kappa shape index (κ2) is 9.36. The van der Waals surface area contributed by atoms with Crippen molar-refractivity contribution in [2.45, 2.75) is 6.92 Å². The van der Waals surface area contributed by atoms with Crippen molar-refractivity contribution < 1.29 is 18.7 Å². The first-order valence-electron chi connectivity index (χ1n) is 7.85. The fourth-order valence-corrected chi connectivity index (χ4v) is 2.21. The molecule has 0 spiro atoms. The average molecular weight is 388 g/mol. The van der Waals surface area contributed by atoms with E-state index < -0.39 is 17.7 Å². The molecule has 0 saturated carbocycles. The Morgan fingerprint density at radius 1 is 1.26 bits per heavy atom. The molecule has 0 radical (unpaired) electrons. The number of rotatable bonds is 6. The standard InChI is InChI=1S/C19H15ClFN3O3/c1-2-27-19(26)13(10-22)11-23-14-5-3-4-12(8-14)18(25)24-15-6-7-17(21)16(20)9-15/h3-9,11,23H,2H2,1H3,(H,24,25)/b13-11-. The molecule has 1 amide bonds. The third-order valence-electron chi connectivity index (χ3n) is 3.30. The molecule has 0 heterocycles. The summed E-state index contributed by atoms with van der Waals surface area (Å²) in [6.07, 6.45) is 1.20. The molecule has 2 aromatic carbocycles. The van der Waals surface area contributed by atoms with E-state index in [0.29, 0.717) is 16.9 Å². The number of esters is 1. The van der Waals surface area contributed by atoms with Gasteiger partial charge in [0.15, 0.2) is 5.57 Å². The Kier molecular flexibility index (Phi) is 6.92. The van der Waals surface area contributed by atoms with Gasteiger partial charge in [0.05, 0.1) is 11.6 Å². The second-order valence-corrected chi connectivity index (χ2v) is 5.61. The van der Waals surface area contributed by atoms with Gasteiger partial charge in [0.2, 0.25) is 0 Å². The Hall–Kier alpha value is -3.37. The summed E-state index contributed by atoms with van der Waals surface area (Å²) in [5.41, 5.74) is 0.937. The summed E-state index contributed by atoms with van der Waals surface area (Å²) in [7, 11) is 0. The van der Waals surface area contributed by atoms with Gasteiger partial charge < -0.3 is 15.4 Å². The Morgan fingerprint density at radius 3 is 2.70 bits per heavy atom. The minimum Gasteiger partial charge on any atom is -0.462 e. The molecule has 0 saturated heterocycles. The molecule has 0 unspecified atom stereocenters. The van der Waals surface area contributed by atoms with Crippen LogP contribution in [0.25, 0.3) is 0 Å². The van der Waals surface area contributed by atoms with Crippen LogP contribution >= 0.6 is 11.6 Å². The molecule has 2 N–H and O–H groups in total. The van der Waals surface area contributed by atoms with Crippen molar-refractivity contribution in [2.75, 3.05) is 17.2 Å². The Morgan fingerprint density at radius 2 is 2.04 bits per heavy atom. The van der Waals surface area contributed by atoms with Crippen molar-refractivity contribution in [2.24, 2.45) is 0 Å². The van der Waals surface area contributed by atoms with Gasteiger partial charge in [-0.25, -0.2) is 9.18 Å². The number of carbonyl (C=O) groups excluding carboxylic acids is 2. The summed E-state index contributed by atoms with van der Waals surface area (Å²) in [5.74, 6) is -1.76. The van der Waals surface area contributed by atoms with Crippen LogP contribution in [0.3, 0.4) is 0 Å².